The summed E-state index contributed by atoms with van der Waals surface area (Å²) in [7, 11) is 0. The van der Waals surface area contributed by atoms with Gasteiger partial charge in [0.25, 0.3) is 0 Å². The number of aliphatic hydroxyl groups excluding tert-OH is 5. The van der Waals surface area contributed by atoms with Gasteiger partial charge in [0.1, 0.15) is 36.6 Å². The molecule has 0 aromatic heterocycles. The molecule has 224 valence electrons. The summed E-state index contributed by atoms with van der Waals surface area (Å²) in [5.41, 5.74) is -0.913. The molecule has 2 fully saturated rings. The lowest BCUT2D eigenvalue weighted by Gasteiger charge is -2.45. The third-order valence-electron chi connectivity index (χ3n) is 7.07. The SMILES string of the molecule is C=C[C@](C)(CC/C=C(\C)C(=O)O)O[C@@H]1OC[C@H](OC(=O)[C@H](C)CC)[C@H](O[C@@H]2O[C@H](CO)[C@@H](O)[C@H](O)[C@H]2O)[C@H]1O. The number of aliphatic carboxylic acids is 1. The molecule has 0 aromatic rings. The van der Waals surface area contributed by atoms with Crippen LogP contribution in [0.2, 0.25) is 0 Å². The summed E-state index contributed by atoms with van der Waals surface area (Å²) >= 11 is 0. The molecule has 0 amide bonds. The van der Waals surface area contributed by atoms with Gasteiger partial charge in [-0.3, -0.25) is 4.79 Å². The van der Waals surface area contributed by atoms with E-state index in [1.807, 2.05) is 0 Å². The van der Waals surface area contributed by atoms with Gasteiger partial charge in [-0.2, -0.15) is 0 Å². The maximum Gasteiger partial charge on any atom is 0.330 e. The highest BCUT2D eigenvalue weighted by Gasteiger charge is 2.50. The fourth-order valence-corrected chi connectivity index (χ4v) is 4.03. The molecule has 0 unspecified atom stereocenters. The molecule has 0 saturated carbocycles. The van der Waals surface area contributed by atoms with E-state index in [4.69, 9.17) is 28.8 Å². The van der Waals surface area contributed by atoms with Crippen LogP contribution in [0.3, 0.4) is 0 Å². The van der Waals surface area contributed by atoms with Crippen LogP contribution in [0.15, 0.2) is 24.3 Å². The van der Waals surface area contributed by atoms with Crippen LogP contribution in [-0.4, -0.2) is 117 Å². The molecular weight excluding hydrogens is 520 g/mol. The minimum Gasteiger partial charge on any atom is -0.478 e. The Bertz CT molecular complexity index is 861. The van der Waals surface area contributed by atoms with Crippen molar-refractivity contribution in [2.24, 2.45) is 5.92 Å². The molecule has 0 aliphatic carbocycles. The number of hydrogen-bond donors (Lipinski definition) is 6. The lowest BCUT2D eigenvalue weighted by atomic mass is 9.97. The number of carboxylic acid groups (broad SMARTS) is 1. The summed E-state index contributed by atoms with van der Waals surface area (Å²) in [6.45, 7) is 9.41. The van der Waals surface area contributed by atoms with E-state index in [1.54, 1.807) is 20.8 Å². The number of rotatable bonds is 13. The Morgan fingerprint density at radius 1 is 1.13 bits per heavy atom. The normalized spacial score (nSPS) is 36.0. The molecule has 13 nitrogen and oxygen atoms in total. The Hall–Kier alpha value is -1.94. The first-order chi connectivity index (χ1) is 18.3. The molecule has 2 heterocycles. The second-order valence-corrected chi connectivity index (χ2v) is 10.1. The van der Waals surface area contributed by atoms with Crippen molar-refractivity contribution in [1.82, 2.24) is 0 Å². The van der Waals surface area contributed by atoms with Gasteiger partial charge in [0.15, 0.2) is 18.7 Å². The summed E-state index contributed by atoms with van der Waals surface area (Å²) in [6, 6.07) is 0. The molecule has 2 aliphatic rings. The van der Waals surface area contributed by atoms with E-state index in [0.717, 1.165) is 0 Å². The highest BCUT2D eigenvalue weighted by Crippen LogP contribution is 2.32. The predicted octanol–water partition coefficient (Wildman–Crippen LogP) is -0.381. The molecule has 11 atom stereocenters. The number of ether oxygens (including phenoxy) is 5. The van der Waals surface area contributed by atoms with Crippen LogP contribution < -0.4 is 0 Å². The van der Waals surface area contributed by atoms with E-state index >= 15 is 0 Å². The van der Waals surface area contributed by atoms with Crippen molar-refractivity contribution < 1.29 is 63.9 Å². The molecule has 2 saturated heterocycles. The van der Waals surface area contributed by atoms with E-state index < -0.39 is 85.4 Å². The first-order valence-electron chi connectivity index (χ1n) is 13.0. The molecular formula is C26H42O13. The Labute approximate surface area is 227 Å². The van der Waals surface area contributed by atoms with Crippen molar-refractivity contribution in [3.05, 3.63) is 24.3 Å². The van der Waals surface area contributed by atoms with Crippen LogP contribution in [-0.2, 0) is 33.3 Å². The smallest absolute Gasteiger partial charge is 0.330 e. The Morgan fingerprint density at radius 3 is 2.36 bits per heavy atom. The fourth-order valence-electron chi connectivity index (χ4n) is 4.03. The van der Waals surface area contributed by atoms with Crippen molar-refractivity contribution in [3.63, 3.8) is 0 Å². The molecule has 6 N–H and O–H groups in total. The second kappa shape index (κ2) is 14.6. The molecule has 2 aliphatic heterocycles. The summed E-state index contributed by atoms with van der Waals surface area (Å²) in [6.07, 6.45) is -9.32. The van der Waals surface area contributed by atoms with E-state index in [1.165, 1.54) is 19.1 Å². The topological polar surface area (TPSA) is 202 Å². The third-order valence-corrected chi connectivity index (χ3v) is 7.07. The number of aliphatic hydroxyl groups is 5. The summed E-state index contributed by atoms with van der Waals surface area (Å²) in [4.78, 5) is 23.6. The van der Waals surface area contributed by atoms with Crippen LogP contribution in [0.25, 0.3) is 0 Å². The molecule has 0 bridgehead atoms. The number of carbonyl (C=O) groups excluding carboxylic acids is 1. The van der Waals surface area contributed by atoms with E-state index in [-0.39, 0.29) is 12.2 Å². The standard InChI is InChI=1S/C26H42O13/c1-6-13(3)23(34)36-16-12-35-24(39-26(5,7-2)10-8-9-14(4)22(32)33)20(31)21(16)38-25-19(30)18(29)17(28)15(11-27)37-25/h7,9,13,15-21,24-25,27-31H,2,6,8,10-12H2,1,3-5H3,(H,32,33)/b14-9+/t13-,15-,16+,17-,18+,19-,20-,21+,24+,25+,26-/m1/s1. The molecule has 39 heavy (non-hydrogen) atoms. The van der Waals surface area contributed by atoms with E-state index in [9.17, 15) is 35.1 Å². The van der Waals surface area contributed by atoms with Crippen LogP contribution in [0, 0.1) is 5.92 Å². The van der Waals surface area contributed by atoms with Crippen molar-refractivity contribution >= 4 is 11.9 Å². The summed E-state index contributed by atoms with van der Waals surface area (Å²) < 4.78 is 28.5. The van der Waals surface area contributed by atoms with Gasteiger partial charge in [0.2, 0.25) is 0 Å². The van der Waals surface area contributed by atoms with Crippen LogP contribution >= 0.6 is 0 Å². The first-order valence-corrected chi connectivity index (χ1v) is 13.0. The lowest BCUT2D eigenvalue weighted by Crippen LogP contribution is -2.63. The molecule has 0 radical (unpaired) electrons. The van der Waals surface area contributed by atoms with Gasteiger partial charge < -0.3 is 54.3 Å². The van der Waals surface area contributed by atoms with E-state index in [2.05, 4.69) is 6.58 Å². The van der Waals surface area contributed by atoms with Gasteiger partial charge in [-0.1, -0.05) is 26.0 Å². The molecule has 0 aromatic carbocycles. The highest BCUT2D eigenvalue weighted by molar-refractivity contribution is 5.85. The van der Waals surface area contributed by atoms with Gasteiger partial charge in [-0.05, 0) is 33.1 Å². The quantitative estimate of drug-likeness (QED) is 0.0964. The Morgan fingerprint density at radius 2 is 1.79 bits per heavy atom. The third kappa shape index (κ3) is 8.52. The summed E-state index contributed by atoms with van der Waals surface area (Å²) in [5, 5.41) is 60.4. The number of carboxylic acids is 1. The maximum absolute atomic E-state index is 12.5. The summed E-state index contributed by atoms with van der Waals surface area (Å²) in [5.74, 6) is -2.08. The van der Waals surface area contributed by atoms with Crippen LogP contribution in [0.5, 0.6) is 0 Å². The maximum atomic E-state index is 12.5. The minimum absolute atomic E-state index is 0.161. The number of allylic oxidation sites excluding steroid dienone is 1. The van der Waals surface area contributed by atoms with Gasteiger partial charge in [0.05, 0.1) is 24.7 Å². The largest absolute Gasteiger partial charge is 0.478 e. The zero-order valence-electron chi connectivity index (χ0n) is 22.7. The average molecular weight is 563 g/mol. The van der Waals surface area contributed by atoms with Crippen LogP contribution in [0.4, 0.5) is 0 Å². The Balaban J connectivity index is 2.25. The monoisotopic (exact) mass is 562 g/mol. The second-order valence-electron chi connectivity index (χ2n) is 10.1. The van der Waals surface area contributed by atoms with E-state index in [0.29, 0.717) is 19.3 Å². The van der Waals surface area contributed by atoms with Gasteiger partial charge in [-0.25, -0.2) is 4.79 Å². The van der Waals surface area contributed by atoms with Gasteiger partial charge in [0, 0.05) is 5.57 Å². The Kier molecular flexibility index (Phi) is 12.5. The van der Waals surface area contributed by atoms with Crippen molar-refractivity contribution in [2.75, 3.05) is 13.2 Å². The fraction of sp³-hybridized carbons (Fsp3) is 0.769. The molecule has 0 spiro atoms. The average Bonchev–Trinajstić information content (AvgIpc) is 2.91. The highest BCUT2D eigenvalue weighted by atomic mass is 16.7. The van der Waals surface area contributed by atoms with Gasteiger partial charge in [-0.15, -0.1) is 6.58 Å². The van der Waals surface area contributed by atoms with Gasteiger partial charge >= 0.3 is 11.9 Å². The number of esters is 1. The minimum atomic E-state index is -1.76. The van der Waals surface area contributed by atoms with Crippen LogP contribution in [0.1, 0.15) is 47.0 Å². The van der Waals surface area contributed by atoms with Crippen molar-refractivity contribution in [2.45, 2.75) is 108 Å². The zero-order chi connectivity index (χ0) is 29.5. The lowest BCUT2D eigenvalue weighted by molar-refractivity contribution is -0.354. The predicted molar refractivity (Wildman–Crippen MR) is 134 cm³/mol. The first kappa shape index (κ1) is 33.3. The zero-order valence-corrected chi connectivity index (χ0v) is 22.7. The molecule has 13 heteroatoms. The number of carbonyl (C=O) groups is 2. The number of hydrogen-bond acceptors (Lipinski definition) is 12. The molecule has 2 rings (SSSR count). The van der Waals surface area contributed by atoms with Crippen molar-refractivity contribution in [3.8, 4) is 0 Å². The van der Waals surface area contributed by atoms with Crippen molar-refractivity contribution in [1.29, 1.82) is 0 Å².